The molecular weight excluding hydrogens is 198 g/mol. The van der Waals surface area contributed by atoms with Gasteiger partial charge in [0.2, 0.25) is 0 Å². The number of rotatable bonds is 3. The fourth-order valence-corrected chi connectivity index (χ4v) is 1.83. The Morgan fingerprint density at radius 3 is 2.22 bits per heavy atom. The van der Waals surface area contributed by atoms with Crippen LogP contribution in [0.5, 0.6) is 0 Å². The summed E-state index contributed by atoms with van der Waals surface area (Å²) in [5.74, 6) is 1.09. The second kappa shape index (κ2) is 5.18. The van der Waals surface area contributed by atoms with E-state index in [1.165, 1.54) is 4.91 Å². The average molecular weight is 210 g/mol. The zero-order chi connectivity index (χ0) is 7.28. The van der Waals surface area contributed by atoms with Crippen LogP contribution < -0.4 is 5.73 Å². The van der Waals surface area contributed by atoms with Gasteiger partial charge in [0.15, 0.2) is 0 Å². The van der Waals surface area contributed by atoms with Crippen LogP contribution in [0.25, 0.3) is 0 Å². The van der Waals surface area contributed by atoms with E-state index in [9.17, 15) is 0 Å². The number of hydrogen-bond donors (Lipinski definition) is 1. The Morgan fingerprint density at radius 1 is 1.56 bits per heavy atom. The minimum Gasteiger partial charge on any atom is -0.392 e. The van der Waals surface area contributed by atoms with Gasteiger partial charge in [-0.2, -0.15) is 0 Å². The Labute approximate surface area is 69.2 Å². The standard InChI is InChI=1S/C6H12BrNS/c1-3-5(6(7)8)9-4-2/h3-4,8H2,1-2H3/b6-5+. The number of allylic oxidation sites excluding steroid dienone is 1. The molecular formula is C6H12BrNS. The van der Waals surface area contributed by atoms with Crippen LogP contribution in [0.4, 0.5) is 0 Å². The lowest BCUT2D eigenvalue weighted by Gasteiger charge is -2.01. The minimum atomic E-state index is 0.789. The van der Waals surface area contributed by atoms with Crippen molar-refractivity contribution in [3.8, 4) is 0 Å². The van der Waals surface area contributed by atoms with Crippen molar-refractivity contribution in [3.63, 3.8) is 0 Å². The monoisotopic (exact) mass is 209 g/mol. The van der Waals surface area contributed by atoms with Crippen LogP contribution in [-0.4, -0.2) is 5.75 Å². The maximum absolute atomic E-state index is 5.51. The molecule has 0 spiro atoms. The lowest BCUT2D eigenvalue weighted by molar-refractivity contribution is 1.18. The zero-order valence-electron chi connectivity index (χ0n) is 5.78. The van der Waals surface area contributed by atoms with Gasteiger partial charge in [-0.15, -0.1) is 11.8 Å². The summed E-state index contributed by atoms with van der Waals surface area (Å²) in [5.41, 5.74) is 5.51. The molecule has 0 heterocycles. The number of hydrogen-bond acceptors (Lipinski definition) is 2. The second-order valence-corrected chi connectivity index (χ2v) is 3.77. The normalized spacial score (nSPS) is 13.2. The van der Waals surface area contributed by atoms with E-state index in [1.54, 1.807) is 11.8 Å². The predicted molar refractivity (Wildman–Crippen MR) is 48.6 cm³/mol. The molecule has 2 N–H and O–H groups in total. The molecule has 0 aromatic heterocycles. The van der Waals surface area contributed by atoms with Crippen molar-refractivity contribution >= 4 is 27.7 Å². The lowest BCUT2D eigenvalue weighted by atomic mass is 10.5. The summed E-state index contributed by atoms with van der Waals surface area (Å²) in [5, 5.41) is 0. The third kappa shape index (κ3) is 3.87. The molecule has 0 rings (SSSR count). The smallest absolute Gasteiger partial charge is 0.0850 e. The summed E-state index contributed by atoms with van der Waals surface area (Å²) in [6.07, 6.45) is 1.02. The van der Waals surface area contributed by atoms with Crippen LogP contribution in [0.3, 0.4) is 0 Å². The van der Waals surface area contributed by atoms with E-state index in [0.29, 0.717) is 0 Å². The fraction of sp³-hybridized carbons (Fsp3) is 0.667. The van der Waals surface area contributed by atoms with Crippen molar-refractivity contribution in [1.82, 2.24) is 0 Å². The van der Waals surface area contributed by atoms with Gasteiger partial charge < -0.3 is 5.73 Å². The van der Waals surface area contributed by atoms with Gasteiger partial charge in [0, 0.05) is 4.91 Å². The highest BCUT2D eigenvalue weighted by atomic mass is 79.9. The SMILES string of the molecule is CCS/C(CC)=C(/N)Br. The molecule has 0 atom stereocenters. The summed E-state index contributed by atoms with van der Waals surface area (Å²) < 4.78 is 0.789. The molecule has 0 aromatic rings. The maximum atomic E-state index is 5.51. The Kier molecular flexibility index (Phi) is 5.39. The van der Waals surface area contributed by atoms with Gasteiger partial charge in [0.05, 0.1) is 4.61 Å². The van der Waals surface area contributed by atoms with Crippen molar-refractivity contribution in [2.24, 2.45) is 5.73 Å². The van der Waals surface area contributed by atoms with Gasteiger partial charge >= 0.3 is 0 Å². The molecule has 1 nitrogen and oxygen atoms in total. The third-order valence-electron chi connectivity index (χ3n) is 0.906. The molecule has 0 bridgehead atoms. The maximum Gasteiger partial charge on any atom is 0.0850 e. The first kappa shape index (κ1) is 9.37. The summed E-state index contributed by atoms with van der Waals surface area (Å²) >= 11 is 5.03. The molecule has 0 saturated carbocycles. The van der Waals surface area contributed by atoms with E-state index in [1.807, 2.05) is 0 Å². The van der Waals surface area contributed by atoms with Crippen LogP contribution in [0.2, 0.25) is 0 Å². The average Bonchev–Trinajstić information content (AvgIpc) is 1.82. The van der Waals surface area contributed by atoms with E-state index in [0.717, 1.165) is 16.8 Å². The molecule has 0 radical (unpaired) electrons. The first-order valence-corrected chi connectivity index (χ1v) is 4.77. The molecule has 0 aromatic carbocycles. The van der Waals surface area contributed by atoms with Crippen LogP contribution >= 0.6 is 27.7 Å². The fourth-order valence-electron chi connectivity index (χ4n) is 0.514. The first-order chi connectivity index (χ1) is 4.22. The largest absolute Gasteiger partial charge is 0.392 e. The van der Waals surface area contributed by atoms with E-state index < -0.39 is 0 Å². The van der Waals surface area contributed by atoms with Gasteiger partial charge in [0.25, 0.3) is 0 Å². The van der Waals surface area contributed by atoms with Gasteiger partial charge in [-0.1, -0.05) is 13.8 Å². The predicted octanol–water partition coefficient (Wildman–Crippen LogP) is 2.67. The van der Waals surface area contributed by atoms with Gasteiger partial charge in [-0.3, -0.25) is 0 Å². The van der Waals surface area contributed by atoms with Crippen molar-refractivity contribution in [3.05, 3.63) is 9.51 Å². The molecule has 0 aliphatic carbocycles. The first-order valence-electron chi connectivity index (χ1n) is 2.99. The molecule has 0 aliphatic heterocycles. The Morgan fingerprint density at radius 2 is 2.11 bits per heavy atom. The summed E-state index contributed by atoms with van der Waals surface area (Å²) in [6, 6.07) is 0. The summed E-state index contributed by atoms with van der Waals surface area (Å²) in [4.78, 5) is 1.25. The third-order valence-corrected chi connectivity index (χ3v) is 2.79. The Bertz CT molecular complexity index is 108. The second-order valence-electron chi connectivity index (χ2n) is 1.56. The van der Waals surface area contributed by atoms with E-state index >= 15 is 0 Å². The van der Waals surface area contributed by atoms with E-state index in [4.69, 9.17) is 5.73 Å². The number of halogens is 1. The molecule has 0 unspecified atom stereocenters. The Hall–Kier alpha value is 0.370. The quantitative estimate of drug-likeness (QED) is 0.724. The Balaban J connectivity index is 3.83. The number of nitrogens with two attached hydrogens (primary N) is 1. The van der Waals surface area contributed by atoms with Crippen molar-refractivity contribution in [2.75, 3.05) is 5.75 Å². The minimum absolute atomic E-state index is 0.789. The van der Waals surface area contributed by atoms with Crippen LogP contribution in [-0.2, 0) is 0 Å². The van der Waals surface area contributed by atoms with Crippen molar-refractivity contribution < 1.29 is 0 Å². The topological polar surface area (TPSA) is 26.0 Å². The van der Waals surface area contributed by atoms with Gasteiger partial charge in [-0.25, -0.2) is 0 Å². The number of thioether (sulfide) groups is 1. The zero-order valence-corrected chi connectivity index (χ0v) is 8.18. The highest BCUT2D eigenvalue weighted by Crippen LogP contribution is 2.22. The molecule has 54 valence electrons. The summed E-state index contributed by atoms with van der Waals surface area (Å²) in [7, 11) is 0. The molecule has 9 heavy (non-hydrogen) atoms. The van der Waals surface area contributed by atoms with Crippen LogP contribution in [0.15, 0.2) is 9.51 Å². The lowest BCUT2D eigenvalue weighted by Crippen LogP contribution is -1.91. The van der Waals surface area contributed by atoms with Crippen molar-refractivity contribution in [1.29, 1.82) is 0 Å². The van der Waals surface area contributed by atoms with Crippen molar-refractivity contribution in [2.45, 2.75) is 20.3 Å². The van der Waals surface area contributed by atoms with Gasteiger partial charge in [0.1, 0.15) is 0 Å². The highest BCUT2D eigenvalue weighted by molar-refractivity contribution is 9.11. The van der Waals surface area contributed by atoms with Crippen LogP contribution in [0.1, 0.15) is 20.3 Å². The summed E-state index contributed by atoms with van der Waals surface area (Å²) in [6.45, 7) is 4.22. The molecule has 0 amide bonds. The van der Waals surface area contributed by atoms with E-state index in [2.05, 4.69) is 29.8 Å². The molecule has 3 heteroatoms. The highest BCUT2D eigenvalue weighted by Gasteiger charge is 1.95. The van der Waals surface area contributed by atoms with E-state index in [-0.39, 0.29) is 0 Å². The van der Waals surface area contributed by atoms with Crippen LogP contribution in [0, 0.1) is 0 Å². The molecule has 0 saturated heterocycles. The van der Waals surface area contributed by atoms with Gasteiger partial charge in [-0.05, 0) is 28.1 Å². The molecule has 0 aliphatic rings. The molecule has 0 fully saturated rings.